The minimum atomic E-state index is -0.438. The molecule has 102 valence electrons. The molecule has 0 radical (unpaired) electrons. The third-order valence-corrected chi connectivity index (χ3v) is 3.05. The molecule has 1 aromatic heterocycles. The normalized spacial score (nSPS) is 11.1. The minimum Gasteiger partial charge on any atom is -0.341 e. The number of aromatic amines is 1. The number of benzene rings is 2. The average molecular weight is 273 g/mol. The maximum atomic E-state index is 13.4. The molecule has 0 atom stereocenters. The molecule has 5 heteroatoms. The first-order valence-corrected chi connectivity index (χ1v) is 6.30. The first-order valence-electron chi connectivity index (χ1n) is 6.30. The Bertz CT molecular complexity index is 704. The van der Waals surface area contributed by atoms with E-state index in [2.05, 4.69) is 15.3 Å². The van der Waals surface area contributed by atoms with Crippen molar-refractivity contribution < 1.29 is 8.78 Å². The lowest BCUT2D eigenvalue weighted by atomic mass is 10.2. The van der Waals surface area contributed by atoms with Crippen molar-refractivity contribution in [3.8, 4) is 0 Å². The lowest BCUT2D eigenvalue weighted by Gasteiger charge is -2.04. The van der Waals surface area contributed by atoms with E-state index in [0.29, 0.717) is 12.1 Å². The Morgan fingerprint density at radius 2 is 1.90 bits per heavy atom. The van der Waals surface area contributed by atoms with Gasteiger partial charge < -0.3 is 10.3 Å². The number of nitrogens with zero attached hydrogens (tertiary/aromatic N) is 1. The zero-order chi connectivity index (χ0) is 13.9. The van der Waals surface area contributed by atoms with E-state index in [1.165, 1.54) is 6.07 Å². The van der Waals surface area contributed by atoms with Crippen LogP contribution in [0.4, 0.5) is 8.78 Å². The van der Waals surface area contributed by atoms with E-state index in [4.69, 9.17) is 0 Å². The van der Waals surface area contributed by atoms with Gasteiger partial charge in [-0.3, -0.25) is 0 Å². The Labute approximate surface area is 114 Å². The smallest absolute Gasteiger partial charge is 0.127 e. The van der Waals surface area contributed by atoms with Crippen molar-refractivity contribution in [3.05, 3.63) is 65.5 Å². The van der Waals surface area contributed by atoms with E-state index in [1.807, 2.05) is 24.3 Å². The van der Waals surface area contributed by atoms with Crippen molar-refractivity contribution in [2.45, 2.75) is 13.1 Å². The summed E-state index contributed by atoms with van der Waals surface area (Å²) in [7, 11) is 0. The van der Waals surface area contributed by atoms with Crippen molar-refractivity contribution in [2.24, 2.45) is 0 Å². The van der Waals surface area contributed by atoms with Gasteiger partial charge in [0.25, 0.3) is 0 Å². The molecule has 3 nitrogen and oxygen atoms in total. The highest BCUT2D eigenvalue weighted by Gasteiger charge is 2.05. The SMILES string of the molecule is Fc1ccc(F)c(CNCc2nc3ccccc3[nH]2)c1. The Kier molecular flexibility index (Phi) is 3.43. The Balaban J connectivity index is 1.66. The molecule has 2 N–H and O–H groups in total. The molecule has 3 aromatic rings. The summed E-state index contributed by atoms with van der Waals surface area (Å²) in [5.41, 5.74) is 2.16. The summed E-state index contributed by atoms with van der Waals surface area (Å²) in [6.07, 6.45) is 0. The molecule has 20 heavy (non-hydrogen) atoms. The van der Waals surface area contributed by atoms with E-state index in [9.17, 15) is 8.78 Å². The van der Waals surface area contributed by atoms with E-state index in [1.54, 1.807) is 0 Å². The predicted molar refractivity (Wildman–Crippen MR) is 73.0 cm³/mol. The second-order valence-electron chi connectivity index (χ2n) is 4.54. The van der Waals surface area contributed by atoms with Crippen molar-refractivity contribution in [1.29, 1.82) is 0 Å². The Hall–Kier alpha value is -2.27. The number of imidazole rings is 1. The summed E-state index contributed by atoms with van der Waals surface area (Å²) >= 11 is 0. The maximum Gasteiger partial charge on any atom is 0.127 e. The first kappa shape index (κ1) is 12.7. The van der Waals surface area contributed by atoms with Crippen LogP contribution in [0.15, 0.2) is 42.5 Å². The molecule has 2 aromatic carbocycles. The number of hydrogen-bond acceptors (Lipinski definition) is 2. The third kappa shape index (κ3) is 2.67. The number of halogens is 2. The fourth-order valence-corrected chi connectivity index (χ4v) is 2.08. The second-order valence-corrected chi connectivity index (χ2v) is 4.54. The lowest BCUT2D eigenvalue weighted by Crippen LogP contribution is -2.14. The van der Waals surface area contributed by atoms with Crippen molar-refractivity contribution in [2.75, 3.05) is 0 Å². The molecule has 0 unspecified atom stereocenters. The van der Waals surface area contributed by atoms with Gasteiger partial charge >= 0.3 is 0 Å². The molecular formula is C15H13F2N3. The second kappa shape index (κ2) is 5.38. The summed E-state index contributed by atoms with van der Waals surface area (Å²) in [6.45, 7) is 0.714. The van der Waals surface area contributed by atoms with Crippen LogP contribution in [0.3, 0.4) is 0 Å². The highest BCUT2D eigenvalue weighted by atomic mass is 19.1. The van der Waals surface area contributed by atoms with Gasteiger partial charge in [0.1, 0.15) is 17.5 Å². The van der Waals surface area contributed by atoms with Crippen LogP contribution in [-0.2, 0) is 13.1 Å². The van der Waals surface area contributed by atoms with Crippen LogP contribution in [0.25, 0.3) is 11.0 Å². The average Bonchev–Trinajstić information content (AvgIpc) is 2.85. The number of hydrogen-bond donors (Lipinski definition) is 2. The van der Waals surface area contributed by atoms with Crippen LogP contribution in [-0.4, -0.2) is 9.97 Å². The van der Waals surface area contributed by atoms with Gasteiger partial charge in [-0.2, -0.15) is 0 Å². The summed E-state index contributed by atoms with van der Waals surface area (Å²) in [5, 5.41) is 3.05. The van der Waals surface area contributed by atoms with Crippen molar-refractivity contribution in [1.82, 2.24) is 15.3 Å². The molecule has 0 bridgehead atoms. The van der Waals surface area contributed by atoms with Crippen LogP contribution >= 0.6 is 0 Å². The zero-order valence-corrected chi connectivity index (χ0v) is 10.7. The number of aromatic nitrogens is 2. The van der Waals surface area contributed by atoms with Gasteiger partial charge in [0, 0.05) is 12.1 Å². The van der Waals surface area contributed by atoms with Crippen LogP contribution in [0.1, 0.15) is 11.4 Å². The molecule has 0 aliphatic carbocycles. The van der Waals surface area contributed by atoms with Gasteiger partial charge in [0.05, 0.1) is 17.6 Å². The minimum absolute atomic E-state index is 0.251. The molecule has 3 rings (SSSR count). The lowest BCUT2D eigenvalue weighted by molar-refractivity contribution is 0.566. The van der Waals surface area contributed by atoms with E-state index in [-0.39, 0.29) is 6.54 Å². The highest BCUT2D eigenvalue weighted by Crippen LogP contribution is 2.11. The molecule has 0 fully saturated rings. The number of fused-ring (bicyclic) bond motifs is 1. The quantitative estimate of drug-likeness (QED) is 0.766. The Morgan fingerprint density at radius 1 is 1.05 bits per heavy atom. The molecule has 0 spiro atoms. The van der Waals surface area contributed by atoms with Gasteiger partial charge in [0.15, 0.2) is 0 Å². The van der Waals surface area contributed by atoms with Crippen LogP contribution in [0, 0.1) is 11.6 Å². The van der Waals surface area contributed by atoms with Gasteiger partial charge in [0.2, 0.25) is 0 Å². The van der Waals surface area contributed by atoms with Crippen LogP contribution < -0.4 is 5.32 Å². The largest absolute Gasteiger partial charge is 0.341 e. The van der Waals surface area contributed by atoms with Gasteiger partial charge in [-0.15, -0.1) is 0 Å². The van der Waals surface area contributed by atoms with Crippen molar-refractivity contribution >= 4 is 11.0 Å². The summed E-state index contributed by atoms with van der Waals surface area (Å²) in [6, 6.07) is 11.1. The highest BCUT2D eigenvalue weighted by molar-refractivity contribution is 5.74. The standard InChI is InChI=1S/C15H13F2N3/c16-11-5-6-12(17)10(7-11)8-18-9-15-19-13-3-1-2-4-14(13)20-15/h1-7,18H,8-9H2,(H,19,20). The first-order chi connectivity index (χ1) is 9.72. The molecule has 1 heterocycles. The van der Waals surface area contributed by atoms with Gasteiger partial charge in [-0.05, 0) is 30.3 Å². The van der Waals surface area contributed by atoms with Gasteiger partial charge in [-0.1, -0.05) is 12.1 Å². The summed E-state index contributed by atoms with van der Waals surface area (Å²) < 4.78 is 26.5. The summed E-state index contributed by atoms with van der Waals surface area (Å²) in [5.74, 6) is -0.0848. The number of rotatable bonds is 4. The van der Waals surface area contributed by atoms with Gasteiger partial charge in [-0.25, -0.2) is 13.8 Å². The number of para-hydroxylation sites is 2. The van der Waals surface area contributed by atoms with Crippen LogP contribution in [0.5, 0.6) is 0 Å². The number of nitrogens with one attached hydrogen (secondary N) is 2. The Morgan fingerprint density at radius 3 is 2.75 bits per heavy atom. The monoisotopic (exact) mass is 273 g/mol. The van der Waals surface area contributed by atoms with E-state index in [0.717, 1.165) is 29.0 Å². The molecule has 0 saturated heterocycles. The van der Waals surface area contributed by atoms with Crippen molar-refractivity contribution in [3.63, 3.8) is 0 Å². The van der Waals surface area contributed by atoms with E-state index < -0.39 is 11.6 Å². The molecule has 0 saturated carbocycles. The fourth-order valence-electron chi connectivity index (χ4n) is 2.08. The predicted octanol–water partition coefficient (Wildman–Crippen LogP) is 3.13. The maximum absolute atomic E-state index is 13.4. The fraction of sp³-hybridized carbons (Fsp3) is 0.133. The summed E-state index contributed by atoms with van der Waals surface area (Å²) in [4.78, 5) is 7.56. The number of H-pyrrole nitrogens is 1. The molecule has 0 aliphatic heterocycles. The third-order valence-electron chi connectivity index (χ3n) is 3.05. The van der Waals surface area contributed by atoms with E-state index >= 15 is 0 Å². The van der Waals surface area contributed by atoms with Crippen LogP contribution in [0.2, 0.25) is 0 Å². The zero-order valence-electron chi connectivity index (χ0n) is 10.7. The molecule has 0 aliphatic rings. The molecule has 0 amide bonds. The topological polar surface area (TPSA) is 40.7 Å². The molecular weight excluding hydrogens is 260 g/mol.